The maximum absolute atomic E-state index is 12.4. The number of esters is 1. The van der Waals surface area contributed by atoms with E-state index < -0.39 is 0 Å². The van der Waals surface area contributed by atoms with Crippen molar-refractivity contribution in [2.45, 2.75) is 45.2 Å². The summed E-state index contributed by atoms with van der Waals surface area (Å²) in [5.41, 5.74) is 2.34. The van der Waals surface area contributed by atoms with E-state index in [1.807, 2.05) is 19.1 Å². The molecule has 1 saturated carbocycles. The van der Waals surface area contributed by atoms with Crippen LogP contribution in [0, 0.1) is 11.8 Å². The number of hydrogen-bond acceptors (Lipinski definition) is 5. The van der Waals surface area contributed by atoms with Crippen LogP contribution in [0.3, 0.4) is 0 Å². The van der Waals surface area contributed by atoms with Crippen molar-refractivity contribution in [1.29, 1.82) is 0 Å². The van der Waals surface area contributed by atoms with E-state index in [0.29, 0.717) is 6.61 Å². The second-order valence-electron chi connectivity index (χ2n) is 7.94. The highest BCUT2D eigenvalue weighted by Gasteiger charge is 2.46. The minimum absolute atomic E-state index is 0.0444. The average molecular weight is 538 g/mol. The first kappa shape index (κ1) is 21.6. The molecule has 7 heteroatoms. The standard InChI is InChI=1S/C23H26Br2N2O3/c1-4-30-23(28)17-10-9-16(17)20-12-21(14-5-7-15(29-3)8-6-14)27-13(2)18(24)11-19(25)22(27)26-20/h5-8,11,16-17,20-21H,4,9-10,12H2,1-3H3. The summed E-state index contributed by atoms with van der Waals surface area (Å²) >= 11 is 7.41. The van der Waals surface area contributed by atoms with Crippen LogP contribution in [0.5, 0.6) is 5.75 Å². The zero-order valence-corrected chi connectivity index (χ0v) is 20.6. The molecule has 0 spiro atoms. The minimum atomic E-state index is -0.0746. The molecule has 30 heavy (non-hydrogen) atoms. The number of rotatable bonds is 5. The highest BCUT2D eigenvalue weighted by molar-refractivity contribution is 9.12. The van der Waals surface area contributed by atoms with Crippen LogP contribution < -0.4 is 4.74 Å². The van der Waals surface area contributed by atoms with E-state index in [9.17, 15) is 4.79 Å². The van der Waals surface area contributed by atoms with Crippen LogP contribution in [0.15, 0.2) is 50.0 Å². The first-order chi connectivity index (χ1) is 14.4. The lowest BCUT2D eigenvalue weighted by Gasteiger charge is -2.47. The molecule has 160 valence electrons. The number of allylic oxidation sites excluding steroid dienone is 3. The normalized spacial score (nSPS) is 28.2. The van der Waals surface area contributed by atoms with Gasteiger partial charge in [0.25, 0.3) is 0 Å². The van der Waals surface area contributed by atoms with Gasteiger partial charge in [0.2, 0.25) is 0 Å². The monoisotopic (exact) mass is 536 g/mol. The molecule has 4 rings (SSSR count). The number of carbonyl (C=O) groups excluding carboxylic acids is 1. The molecule has 0 aromatic heterocycles. The number of halogens is 2. The van der Waals surface area contributed by atoms with Gasteiger partial charge in [0.05, 0.1) is 36.2 Å². The van der Waals surface area contributed by atoms with Crippen LogP contribution in [0.4, 0.5) is 0 Å². The zero-order chi connectivity index (χ0) is 21.4. The maximum atomic E-state index is 12.4. The van der Waals surface area contributed by atoms with Crippen molar-refractivity contribution in [1.82, 2.24) is 4.90 Å². The van der Waals surface area contributed by atoms with Crippen molar-refractivity contribution < 1.29 is 14.3 Å². The largest absolute Gasteiger partial charge is 0.497 e. The summed E-state index contributed by atoms with van der Waals surface area (Å²) in [4.78, 5) is 19.8. The van der Waals surface area contributed by atoms with E-state index in [2.05, 4.69) is 61.9 Å². The Balaban J connectivity index is 1.70. The van der Waals surface area contributed by atoms with Crippen LogP contribution >= 0.6 is 31.9 Å². The Hall–Kier alpha value is -1.60. The Morgan fingerprint density at radius 3 is 2.57 bits per heavy atom. The second-order valence-corrected chi connectivity index (χ2v) is 9.65. The van der Waals surface area contributed by atoms with Crippen molar-refractivity contribution in [2.24, 2.45) is 16.8 Å². The lowest BCUT2D eigenvalue weighted by molar-refractivity contribution is -0.155. The lowest BCUT2D eigenvalue weighted by atomic mass is 9.67. The predicted octanol–water partition coefficient (Wildman–Crippen LogP) is 5.72. The van der Waals surface area contributed by atoms with Gasteiger partial charge in [0.15, 0.2) is 0 Å². The molecule has 4 atom stereocenters. The molecular weight excluding hydrogens is 512 g/mol. The van der Waals surface area contributed by atoms with Crippen LogP contribution in [-0.2, 0) is 9.53 Å². The van der Waals surface area contributed by atoms with Gasteiger partial charge in [-0.15, -0.1) is 0 Å². The number of benzene rings is 1. The summed E-state index contributed by atoms with van der Waals surface area (Å²) in [7, 11) is 1.68. The highest BCUT2D eigenvalue weighted by atomic mass is 79.9. The van der Waals surface area contributed by atoms with Gasteiger partial charge in [-0.3, -0.25) is 9.79 Å². The fraction of sp³-hybridized carbons (Fsp3) is 0.478. The molecule has 0 N–H and O–H groups in total. The molecule has 5 nitrogen and oxygen atoms in total. The molecule has 1 aliphatic carbocycles. The number of methoxy groups -OCH3 is 1. The summed E-state index contributed by atoms with van der Waals surface area (Å²) in [5, 5.41) is 0. The Labute approximate surface area is 194 Å². The van der Waals surface area contributed by atoms with Crippen molar-refractivity contribution >= 4 is 43.7 Å². The molecule has 1 aromatic rings. The summed E-state index contributed by atoms with van der Waals surface area (Å²) in [6, 6.07) is 8.47. The van der Waals surface area contributed by atoms with Crippen LogP contribution in [0.1, 0.15) is 44.7 Å². The van der Waals surface area contributed by atoms with Gasteiger partial charge < -0.3 is 14.4 Å². The minimum Gasteiger partial charge on any atom is -0.497 e. The summed E-state index contributed by atoms with van der Waals surface area (Å²) in [5.74, 6) is 1.89. The Morgan fingerprint density at radius 1 is 1.23 bits per heavy atom. The van der Waals surface area contributed by atoms with E-state index in [1.165, 1.54) is 5.56 Å². The number of carbonyl (C=O) groups is 1. The van der Waals surface area contributed by atoms with E-state index in [1.54, 1.807) is 7.11 Å². The molecule has 4 unspecified atom stereocenters. The fourth-order valence-corrected chi connectivity index (χ4v) is 5.88. The van der Waals surface area contributed by atoms with Gasteiger partial charge in [-0.25, -0.2) is 0 Å². The van der Waals surface area contributed by atoms with E-state index in [0.717, 1.165) is 45.5 Å². The Kier molecular flexibility index (Phi) is 6.39. The van der Waals surface area contributed by atoms with Gasteiger partial charge >= 0.3 is 5.97 Å². The molecule has 2 heterocycles. The Bertz CT molecular complexity index is 923. The summed E-state index contributed by atoms with van der Waals surface area (Å²) < 4.78 is 12.7. The molecule has 0 saturated heterocycles. The molecule has 1 aromatic carbocycles. The van der Waals surface area contributed by atoms with Crippen molar-refractivity contribution in [3.05, 3.63) is 50.6 Å². The number of hydrogen-bond donors (Lipinski definition) is 0. The van der Waals surface area contributed by atoms with Crippen molar-refractivity contribution in [2.75, 3.05) is 13.7 Å². The lowest BCUT2D eigenvalue weighted by Crippen LogP contribution is -2.48. The SMILES string of the molecule is CCOC(=O)C1CCC1C1CC(c2ccc(OC)cc2)N2C(=N1)C(Br)=CC(Br)=C2C. The van der Waals surface area contributed by atoms with E-state index >= 15 is 0 Å². The van der Waals surface area contributed by atoms with Crippen molar-refractivity contribution in [3.63, 3.8) is 0 Å². The maximum Gasteiger partial charge on any atom is 0.309 e. The Morgan fingerprint density at radius 2 is 1.97 bits per heavy atom. The van der Waals surface area contributed by atoms with Gasteiger partial charge in [-0.2, -0.15) is 0 Å². The molecule has 3 aliphatic rings. The van der Waals surface area contributed by atoms with Crippen LogP contribution in [0.2, 0.25) is 0 Å². The van der Waals surface area contributed by atoms with Gasteiger partial charge in [-0.1, -0.05) is 12.1 Å². The third-order valence-corrected chi connectivity index (χ3v) is 7.77. The average Bonchev–Trinajstić information content (AvgIpc) is 2.71. The second kappa shape index (κ2) is 8.87. The van der Waals surface area contributed by atoms with E-state index in [4.69, 9.17) is 14.5 Å². The highest BCUT2D eigenvalue weighted by Crippen LogP contribution is 2.47. The van der Waals surface area contributed by atoms with Crippen molar-refractivity contribution in [3.8, 4) is 5.75 Å². The number of nitrogens with zero attached hydrogens (tertiary/aromatic N) is 2. The molecule has 2 aliphatic heterocycles. The van der Waals surface area contributed by atoms with Crippen LogP contribution in [0.25, 0.3) is 0 Å². The van der Waals surface area contributed by atoms with Gasteiger partial charge in [0.1, 0.15) is 11.6 Å². The number of fused-ring (bicyclic) bond motifs is 1. The van der Waals surface area contributed by atoms with Gasteiger partial charge in [-0.05, 0) is 94.7 Å². The number of aliphatic imine (C=N–C) groups is 1. The smallest absolute Gasteiger partial charge is 0.309 e. The quantitative estimate of drug-likeness (QED) is 0.451. The van der Waals surface area contributed by atoms with Gasteiger partial charge in [0, 0.05) is 10.2 Å². The topological polar surface area (TPSA) is 51.1 Å². The number of ether oxygens (including phenoxy) is 2. The molecule has 1 fully saturated rings. The predicted molar refractivity (Wildman–Crippen MR) is 125 cm³/mol. The molecule has 0 radical (unpaired) electrons. The third-order valence-electron chi connectivity index (χ3n) is 6.38. The van der Waals surface area contributed by atoms with Crippen LogP contribution in [-0.4, -0.2) is 36.5 Å². The van der Waals surface area contributed by atoms with E-state index in [-0.39, 0.29) is 29.9 Å². The molecular formula is C23H26Br2N2O3. The first-order valence-electron chi connectivity index (χ1n) is 10.4. The third kappa shape index (κ3) is 3.86. The fourth-order valence-electron chi connectivity index (χ4n) is 4.63. The first-order valence-corrected chi connectivity index (χ1v) is 11.9. The molecule has 0 bridgehead atoms. The summed E-state index contributed by atoms with van der Waals surface area (Å²) in [6.07, 6.45) is 4.82. The summed E-state index contributed by atoms with van der Waals surface area (Å²) in [6.45, 7) is 4.40. The number of amidine groups is 1. The molecule has 0 amide bonds. The zero-order valence-electron chi connectivity index (χ0n) is 17.4.